The number of benzene rings is 1. The maximum absolute atomic E-state index is 5.48. The molecule has 0 atom stereocenters. The van der Waals surface area contributed by atoms with Crippen LogP contribution in [-0.2, 0) is 0 Å². The van der Waals surface area contributed by atoms with E-state index in [9.17, 15) is 0 Å². The predicted octanol–water partition coefficient (Wildman–Crippen LogP) is 1.75. The zero-order valence-corrected chi connectivity index (χ0v) is 6.29. The maximum Gasteiger partial charge on any atom is 0.119 e. The second kappa shape index (κ2) is 3.86. The van der Waals surface area contributed by atoms with Crippen molar-refractivity contribution in [3.8, 4) is 5.75 Å². The zero-order valence-electron chi connectivity index (χ0n) is 6.29. The van der Waals surface area contributed by atoms with Crippen LogP contribution in [-0.4, -0.2) is 6.61 Å². The summed E-state index contributed by atoms with van der Waals surface area (Å²) in [5, 5.41) is 0. The van der Waals surface area contributed by atoms with Crippen LogP contribution >= 0.6 is 0 Å². The van der Waals surface area contributed by atoms with Gasteiger partial charge in [0, 0.05) is 5.69 Å². The van der Waals surface area contributed by atoms with E-state index < -0.39 is 0 Å². The lowest BCUT2D eigenvalue weighted by Gasteiger charge is -2.03. The van der Waals surface area contributed by atoms with Crippen LogP contribution in [0.2, 0.25) is 0 Å². The highest BCUT2D eigenvalue weighted by atomic mass is 16.5. The molecule has 0 fully saturated rings. The van der Waals surface area contributed by atoms with Crippen molar-refractivity contribution < 1.29 is 4.74 Å². The van der Waals surface area contributed by atoms with Crippen LogP contribution in [0.25, 0.3) is 0 Å². The summed E-state index contributed by atoms with van der Waals surface area (Å²) in [6.45, 7) is 5.80. The molecular formula is C9H11NO. The van der Waals surface area contributed by atoms with Crippen LogP contribution < -0.4 is 10.5 Å². The highest BCUT2D eigenvalue weighted by Gasteiger charge is 1.90. The van der Waals surface area contributed by atoms with Gasteiger partial charge in [-0.05, 0) is 37.6 Å². The highest BCUT2D eigenvalue weighted by molar-refractivity contribution is 5.41. The molecule has 1 rings (SSSR count). The van der Waals surface area contributed by atoms with Gasteiger partial charge in [-0.15, -0.1) is 0 Å². The van der Waals surface area contributed by atoms with E-state index in [2.05, 4.69) is 0 Å². The molecule has 0 aromatic heterocycles. The molecule has 0 unspecified atom stereocenters. The number of anilines is 1. The Morgan fingerprint density at radius 1 is 1.27 bits per heavy atom. The minimum atomic E-state index is 0.532. The van der Waals surface area contributed by atoms with Crippen molar-refractivity contribution >= 4 is 5.69 Å². The van der Waals surface area contributed by atoms with Crippen molar-refractivity contribution in [3.05, 3.63) is 31.2 Å². The van der Waals surface area contributed by atoms with Crippen LogP contribution in [0.15, 0.2) is 24.3 Å². The Hall–Kier alpha value is -1.18. The molecule has 1 aromatic rings. The third-order valence-electron chi connectivity index (χ3n) is 1.27. The van der Waals surface area contributed by atoms with Gasteiger partial charge in [-0.25, -0.2) is 0 Å². The molecular weight excluding hydrogens is 138 g/mol. The van der Waals surface area contributed by atoms with Crippen molar-refractivity contribution in [2.75, 3.05) is 12.3 Å². The summed E-state index contributed by atoms with van der Waals surface area (Å²) in [7, 11) is 0. The smallest absolute Gasteiger partial charge is 0.119 e. The van der Waals surface area contributed by atoms with Gasteiger partial charge >= 0.3 is 0 Å². The Kier molecular flexibility index (Phi) is 2.78. The number of nitrogens with two attached hydrogens (primary N) is 1. The molecule has 2 N–H and O–H groups in total. The Morgan fingerprint density at radius 2 is 1.91 bits per heavy atom. The SMILES string of the molecule is [CH]CCOc1ccc(N)cc1. The van der Waals surface area contributed by atoms with Crippen molar-refractivity contribution in [1.82, 2.24) is 0 Å². The normalized spacial score (nSPS) is 9.55. The highest BCUT2D eigenvalue weighted by Crippen LogP contribution is 2.12. The molecule has 0 aliphatic rings. The van der Waals surface area contributed by atoms with Crippen molar-refractivity contribution in [1.29, 1.82) is 0 Å². The van der Waals surface area contributed by atoms with Gasteiger partial charge in [0.1, 0.15) is 5.75 Å². The standard InChI is InChI=1S/C9H11NO/c1-2-7-11-9-5-3-8(10)4-6-9/h1,3-6H,2,7,10H2. The van der Waals surface area contributed by atoms with Crippen molar-refractivity contribution in [3.63, 3.8) is 0 Å². The Bertz CT molecular complexity index is 205. The van der Waals surface area contributed by atoms with Crippen LogP contribution in [0.1, 0.15) is 6.42 Å². The first kappa shape index (κ1) is 7.92. The molecule has 2 heteroatoms. The molecule has 0 saturated carbocycles. The quantitative estimate of drug-likeness (QED) is 0.664. The molecule has 1 aromatic carbocycles. The molecule has 2 nitrogen and oxygen atoms in total. The number of nitrogen functional groups attached to an aromatic ring is 1. The molecule has 58 valence electrons. The van der Waals surface area contributed by atoms with E-state index in [1.807, 2.05) is 12.1 Å². The lowest BCUT2D eigenvalue weighted by molar-refractivity contribution is 0.324. The summed E-state index contributed by atoms with van der Waals surface area (Å²) >= 11 is 0. The first-order chi connectivity index (χ1) is 5.33. The van der Waals surface area contributed by atoms with Gasteiger partial charge in [0.25, 0.3) is 0 Å². The van der Waals surface area contributed by atoms with Gasteiger partial charge in [-0.3, -0.25) is 0 Å². The largest absolute Gasteiger partial charge is 0.494 e. The van der Waals surface area contributed by atoms with E-state index >= 15 is 0 Å². The van der Waals surface area contributed by atoms with E-state index in [-0.39, 0.29) is 0 Å². The minimum absolute atomic E-state index is 0.532. The van der Waals surface area contributed by atoms with E-state index in [0.717, 1.165) is 11.4 Å². The van der Waals surface area contributed by atoms with Gasteiger partial charge in [-0.1, -0.05) is 0 Å². The molecule has 0 amide bonds. The van der Waals surface area contributed by atoms with Crippen molar-refractivity contribution in [2.45, 2.75) is 6.42 Å². The number of hydrogen-bond acceptors (Lipinski definition) is 2. The third kappa shape index (κ3) is 2.50. The fraction of sp³-hybridized carbons (Fsp3) is 0.222. The molecule has 0 heterocycles. The fourth-order valence-electron chi connectivity index (χ4n) is 0.741. The lowest BCUT2D eigenvalue weighted by Crippen LogP contribution is -1.94. The number of hydrogen-bond donors (Lipinski definition) is 1. The predicted molar refractivity (Wildman–Crippen MR) is 45.3 cm³/mol. The summed E-state index contributed by atoms with van der Waals surface area (Å²) in [5.41, 5.74) is 6.22. The van der Waals surface area contributed by atoms with E-state index in [1.54, 1.807) is 12.1 Å². The first-order valence-corrected chi connectivity index (χ1v) is 3.51. The molecule has 0 spiro atoms. The lowest BCUT2D eigenvalue weighted by atomic mass is 10.3. The number of ether oxygens (including phenoxy) is 1. The van der Waals surface area contributed by atoms with E-state index in [0.29, 0.717) is 13.0 Å². The second-order valence-corrected chi connectivity index (χ2v) is 2.21. The zero-order chi connectivity index (χ0) is 8.10. The minimum Gasteiger partial charge on any atom is -0.494 e. The topological polar surface area (TPSA) is 35.2 Å². The second-order valence-electron chi connectivity index (χ2n) is 2.21. The maximum atomic E-state index is 5.48. The monoisotopic (exact) mass is 149 g/mol. The molecule has 0 aliphatic carbocycles. The van der Waals surface area contributed by atoms with Gasteiger partial charge < -0.3 is 10.5 Å². The van der Waals surface area contributed by atoms with Gasteiger partial charge in [0.15, 0.2) is 0 Å². The summed E-state index contributed by atoms with van der Waals surface area (Å²) in [6.07, 6.45) is 0.532. The Morgan fingerprint density at radius 3 is 2.45 bits per heavy atom. The van der Waals surface area contributed by atoms with Gasteiger partial charge in [0.05, 0.1) is 6.61 Å². The van der Waals surface area contributed by atoms with Crippen LogP contribution in [0, 0.1) is 6.92 Å². The molecule has 0 aliphatic heterocycles. The van der Waals surface area contributed by atoms with Crippen LogP contribution in [0.3, 0.4) is 0 Å². The molecule has 0 saturated heterocycles. The summed E-state index contributed by atoms with van der Waals surface area (Å²) in [6, 6.07) is 7.24. The average Bonchev–Trinajstić information content (AvgIpc) is 2.04. The Labute approximate surface area is 67.0 Å². The first-order valence-electron chi connectivity index (χ1n) is 3.51. The summed E-state index contributed by atoms with van der Waals surface area (Å²) in [4.78, 5) is 0. The third-order valence-corrected chi connectivity index (χ3v) is 1.27. The summed E-state index contributed by atoms with van der Waals surface area (Å²) in [5.74, 6) is 0.810. The van der Waals surface area contributed by atoms with Crippen molar-refractivity contribution in [2.24, 2.45) is 0 Å². The van der Waals surface area contributed by atoms with E-state index in [4.69, 9.17) is 17.4 Å². The number of rotatable bonds is 3. The van der Waals surface area contributed by atoms with Gasteiger partial charge in [-0.2, -0.15) is 0 Å². The molecule has 11 heavy (non-hydrogen) atoms. The molecule has 2 radical (unpaired) electrons. The fourth-order valence-corrected chi connectivity index (χ4v) is 0.741. The van der Waals surface area contributed by atoms with Crippen LogP contribution in [0.4, 0.5) is 5.69 Å². The van der Waals surface area contributed by atoms with E-state index in [1.165, 1.54) is 0 Å². The van der Waals surface area contributed by atoms with Gasteiger partial charge in [0.2, 0.25) is 0 Å². The Balaban J connectivity index is 2.52. The molecule has 0 bridgehead atoms. The van der Waals surface area contributed by atoms with Crippen LogP contribution in [0.5, 0.6) is 5.75 Å². The average molecular weight is 149 g/mol. The summed E-state index contributed by atoms with van der Waals surface area (Å²) < 4.78 is 5.23.